The molecule has 2 bridgehead atoms. The Bertz CT molecular complexity index is 1320. The van der Waals surface area contributed by atoms with Crippen LogP contribution in [0.15, 0.2) is 87.2 Å². The van der Waals surface area contributed by atoms with E-state index in [1.54, 1.807) is 0 Å². The topological polar surface area (TPSA) is 39.4 Å². The molecule has 3 aliphatic carbocycles. The summed E-state index contributed by atoms with van der Waals surface area (Å²) >= 11 is 0. The van der Waals surface area contributed by atoms with Crippen molar-refractivity contribution in [3.63, 3.8) is 0 Å². The van der Waals surface area contributed by atoms with Gasteiger partial charge in [-0.3, -0.25) is 0 Å². The van der Waals surface area contributed by atoms with E-state index in [0.717, 1.165) is 32.3 Å². The van der Waals surface area contributed by atoms with Crippen LogP contribution in [0.4, 0.5) is 0 Å². The van der Waals surface area contributed by atoms with Gasteiger partial charge in [0, 0.05) is 44.2 Å². The Hall–Kier alpha value is -3.72. The van der Waals surface area contributed by atoms with Gasteiger partial charge in [0.1, 0.15) is 0 Å². The maximum Gasteiger partial charge on any atom is 0.0981 e. The minimum absolute atomic E-state index is 0.206. The maximum atomic E-state index is 5.51. The van der Waals surface area contributed by atoms with E-state index in [-0.39, 0.29) is 11.8 Å². The summed E-state index contributed by atoms with van der Waals surface area (Å²) in [7, 11) is 0. The van der Waals surface area contributed by atoms with Crippen molar-refractivity contribution < 1.29 is 13.3 Å². The molecule has 0 atom stereocenters. The van der Waals surface area contributed by atoms with E-state index in [4.69, 9.17) is 13.3 Å². The van der Waals surface area contributed by atoms with Gasteiger partial charge in [-0.05, 0) is 69.8 Å². The second kappa shape index (κ2) is 4.64. The smallest absolute Gasteiger partial charge is 0.0981 e. The van der Waals surface area contributed by atoms with Crippen molar-refractivity contribution in [1.29, 1.82) is 0 Å². The van der Waals surface area contributed by atoms with Gasteiger partial charge in [0.05, 0.1) is 37.6 Å². The van der Waals surface area contributed by atoms with Crippen LogP contribution in [-0.4, -0.2) is 0 Å². The minimum Gasteiger partial charge on any atom is -0.471 e. The van der Waals surface area contributed by atoms with Gasteiger partial charge in [-0.25, -0.2) is 0 Å². The van der Waals surface area contributed by atoms with Gasteiger partial charge in [-0.1, -0.05) is 0 Å². The third kappa shape index (κ3) is 1.62. The highest BCUT2D eigenvalue weighted by Crippen LogP contribution is 2.57. The van der Waals surface area contributed by atoms with E-state index >= 15 is 0 Å². The molecule has 3 nitrogen and oxygen atoms in total. The van der Waals surface area contributed by atoms with E-state index in [0.29, 0.717) is 0 Å². The second-order valence-electron chi connectivity index (χ2n) is 8.31. The van der Waals surface area contributed by atoms with E-state index in [2.05, 4.69) is 36.4 Å². The fourth-order valence-electron chi connectivity index (χ4n) is 5.66. The third-order valence-electron chi connectivity index (χ3n) is 6.90. The predicted octanol–water partition coefficient (Wildman–Crippen LogP) is 6.91. The molecule has 0 fully saturated rings. The average Bonchev–Trinajstić information content (AvgIpc) is 3.47. The first-order valence-electron chi connectivity index (χ1n) is 9.84. The zero-order chi connectivity index (χ0) is 18.7. The average molecular weight is 374 g/mol. The lowest BCUT2D eigenvalue weighted by atomic mass is 9.60. The van der Waals surface area contributed by atoms with Crippen molar-refractivity contribution in [1.82, 2.24) is 0 Å². The van der Waals surface area contributed by atoms with Crippen molar-refractivity contribution in [2.45, 2.75) is 11.8 Å². The lowest BCUT2D eigenvalue weighted by Crippen LogP contribution is -2.27. The van der Waals surface area contributed by atoms with E-state index in [1.165, 1.54) is 33.4 Å². The molecule has 0 spiro atoms. The van der Waals surface area contributed by atoms with E-state index < -0.39 is 0 Å². The van der Waals surface area contributed by atoms with Gasteiger partial charge in [0.25, 0.3) is 0 Å². The fraction of sp³-hybridized carbons (Fsp3) is 0.0769. The molecule has 0 radical (unpaired) electrons. The van der Waals surface area contributed by atoms with Gasteiger partial charge in [0.15, 0.2) is 0 Å². The summed E-state index contributed by atoms with van der Waals surface area (Å²) < 4.78 is 16.5. The van der Waals surface area contributed by atoms with Crippen LogP contribution >= 0.6 is 0 Å². The molecule has 0 saturated carbocycles. The number of benzene rings is 3. The van der Waals surface area contributed by atoms with Crippen LogP contribution in [0.2, 0.25) is 0 Å². The third-order valence-corrected chi connectivity index (χ3v) is 6.90. The Morgan fingerprint density at radius 3 is 0.759 bits per heavy atom. The van der Waals surface area contributed by atoms with Crippen LogP contribution < -0.4 is 0 Å². The molecule has 136 valence electrons. The van der Waals surface area contributed by atoms with Crippen molar-refractivity contribution in [3.05, 3.63) is 107 Å². The monoisotopic (exact) mass is 374 g/mol. The molecule has 0 amide bonds. The predicted molar refractivity (Wildman–Crippen MR) is 111 cm³/mol. The summed E-state index contributed by atoms with van der Waals surface area (Å²) in [5.74, 6) is 0.413. The van der Waals surface area contributed by atoms with Crippen LogP contribution in [0.5, 0.6) is 0 Å². The van der Waals surface area contributed by atoms with Gasteiger partial charge in [-0.2, -0.15) is 0 Å². The molecule has 0 N–H and O–H groups in total. The van der Waals surface area contributed by atoms with Gasteiger partial charge < -0.3 is 13.3 Å². The number of furan rings is 3. The zero-order valence-electron chi connectivity index (χ0n) is 15.3. The number of rotatable bonds is 0. The number of hydrogen-bond acceptors (Lipinski definition) is 3. The fourth-order valence-corrected chi connectivity index (χ4v) is 5.66. The molecule has 0 saturated heterocycles. The Labute approximate surface area is 165 Å². The molecule has 3 heterocycles. The quantitative estimate of drug-likeness (QED) is 0.289. The first kappa shape index (κ1) is 14.3. The highest BCUT2D eigenvalue weighted by atomic mass is 16.3. The Morgan fingerprint density at radius 1 is 0.345 bits per heavy atom. The summed E-state index contributed by atoms with van der Waals surface area (Å²) in [5.41, 5.74) is 8.30. The van der Waals surface area contributed by atoms with E-state index in [1.807, 2.05) is 37.6 Å². The van der Waals surface area contributed by atoms with Crippen LogP contribution in [0.25, 0.3) is 32.3 Å². The minimum atomic E-state index is 0.206. The normalized spacial score (nSPS) is 19.0. The second-order valence-corrected chi connectivity index (χ2v) is 8.31. The molecule has 6 aromatic rings. The van der Waals surface area contributed by atoms with Crippen molar-refractivity contribution in [2.75, 3.05) is 0 Å². The van der Waals surface area contributed by atoms with Crippen molar-refractivity contribution in [2.24, 2.45) is 0 Å². The first-order valence-corrected chi connectivity index (χ1v) is 9.84. The highest BCUT2D eigenvalue weighted by molar-refractivity contribution is 5.91. The zero-order valence-corrected chi connectivity index (χ0v) is 15.3. The first-order chi connectivity index (χ1) is 14.3. The SMILES string of the molecule is c1occ2cc3c(cc12)C1c2cc4cocc4cc2C3c2cc3cocc3cc21. The molecule has 3 aromatic carbocycles. The lowest BCUT2D eigenvalue weighted by Gasteiger charge is -2.42. The van der Waals surface area contributed by atoms with Crippen LogP contribution in [0, 0.1) is 0 Å². The molecule has 3 heteroatoms. The van der Waals surface area contributed by atoms with Crippen LogP contribution in [-0.2, 0) is 0 Å². The molecule has 3 aromatic heterocycles. The largest absolute Gasteiger partial charge is 0.471 e. The van der Waals surface area contributed by atoms with Crippen molar-refractivity contribution >= 4 is 32.3 Å². The number of hydrogen-bond donors (Lipinski definition) is 0. The summed E-state index contributed by atoms with van der Waals surface area (Å²) in [6.07, 6.45) is 11.1. The van der Waals surface area contributed by atoms with Crippen LogP contribution in [0.3, 0.4) is 0 Å². The maximum absolute atomic E-state index is 5.51. The Morgan fingerprint density at radius 2 is 0.552 bits per heavy atom. The molecular weight excluding hydrogens is 360 g/mol. The van der Waals surface area contributed by atoms with Gasteiger partial charge >= 0.3 is 0 Å². The summed E-state index contributed by atoms with van der Waals surface area (Å²) in [4.78, 5) is 0. The highest BCUT2D eigenvalue weighted by Gasteiger charge is 2.42. The molecule has 0 unspecified atom stereocenters. The summed E-state index contributed by atoms with van der Waals surface area (Å²) in [6.45, 7) is 0. The van der Waals surface area contributed by atoms with Gasteiger partial charge in [0.2, 0.25) is 0 Å². The molecule has 3 aliphatic rings. The molecular formula is C26H14O3. The summed E-state index contributed by atoms with van der Waals surface area (Å²) in [5, 5.41) is 6.96. The summed E-state index contributed by atoms with van der Waals surface area (Å²) in [6, 6.07) is 13.9. The van der Waals surface area contributed by atoms with E-state index in [9.17, 15) is 0 Å². The molecule has 0 aliphatic heterocycles. The van der Waals surface area contributed by atoms with Crippen LogP contribution in [0.1, 0.15) is 45.2 Å². The lowest BCUT2D eigenvalue weighted by molar-refractivity contribution is 0.572. The Kier molecular flexibility index (Phi) is 2.29. The Balaban J connectivity index is 1.55. The standard InChI is InChI=1S/C26H14O3/c1-13-7-27-8-14(13)2-20-19(1)25-21-3-15-9-28-11-17(15)5-23(21)26(20)24-6-18-12-29-10-16(18)4-22(24)25/h1-12,25-26H. The number of fused-ring (bicyclic) bond motifs is 3. The van der Waals surface area contributed by atoms with Crippen molar-refractivity contribution in [3.8, 4) is 0 Å². The van der Waals surface area contributed by atoms with Gasteiger partial charge in [-0.15, -0.1) is 0 Å². The molecule has 29 heavy (non-hydrogen) atoms. The molecule has 9 rings (SSSR count).